The summed E-state index contributed by atoms with van der Waals surface area (Å²) >= 11 is 0. The van der Waals surface area contributed by atoms with Crippen LogP contribution in [0, 0.1) is 24.1 Å². The SMILES string of the molecule is Cc1c(C2CN3CCN(C(=O)Cc4ccc(-n5cnnn5)nc4)CC3CO2)ccc(F)c1C#N. The average molecular weight is 462 g/mol. The second-order valence-corrected chi connectivity index (χ2v) is 8.51. The summed E-state index contributed by atoms with van der Waals surface area (Å²) in [6.45, 7) is 4.82. The molecule has 2 fully saturated rings. The molecule has 1 amide bonds. The number of carbonyl (C=O) groups excluding carboxylic acids is 1. The number of nitriles is 1. The van der Waals surface area contributed by atoms with Crippen molar-refractivity contribution in [2.24, 2.45) is 0 Å². The first kappa shape index (κ1) is 22.1. The van der Waals surface area contributed by atoms with Crippen LogP contribution in [0.4, 0.5) is 4.39 Å². The lowest BCUT2D eigenvalue weighted by Gasteiger charge is -2.46. The van der Waals surface area contributed by atoms with Crippen molar-refractivity contribution < 1.29 is 13.9 Å². The van der Waals surface area contributed by atoms with Crippen molar-refractivity contribution in [3.05, 3.63) is 64.9 Å². The summed E-state index contributed by atoms with van der Waals surface area (Å²) in [6, 6.07) is 8.71. The molecule has 34 heavy (non-hydrogen) atoms. The molecular weight excluding hydrogens is 439 g/mol. The molecule has 2 atom stereocenters. The van der Waals surface area contributed by atoms with Crippen molar-refractivity contribution in [1.29, 1.82) is 5.26 Å². The van der Waals surface area contributed by atoms with Crippen molar-refractivity contribution in [3.8, 4) is 11.9 Å². The molecule has 1 aromatic carbocycles. The largest absolute Gasteiger partial charge is 0.370 e. The fraction of sp³-hybridized carbons (Fsp3) is 0.391. The lowest BCUT2D eigenvalue weighted by molar-refractivity contribution is -0.139. The summed E-state index contributed by atoms with van der Waals surface area (Å²) in [4.78, 5) is 21.4. The van der Waals surface area contributed by atoms with Crippen LogP contribution in [0.5, 0.6) is 0 Å². The number of aromatic nitrogens is 5. The Morgan fingerprint density at radius 2 is 2.15 bits per heavy atom. The van der Waals surface area contributed by atoms with Crippen LogP contribution in [-0.2, 0) is 16.0 Å². The van der Waals surface area contributed by atoms with E-state index in [1.54, 1.807) is 25.3 Å². The summed E-state index contributed by atoms with van der Waals surface area (Å²) in [5, 5.41) is 20.2. The van der Waals surface area contributed by atoms with Gasteiger partial charge in [-0.1, -0.05) is 12.1 Å². The van der Waals surface area contributed by atoms with E-state index in [2.05, 4.69) is 25.4 Å². The summed E-state index contributed by atoms with van der Waals surface area (Å²) in [5.74, 6) is 0.124. The Kier molecular flexibility index (Phi) is 6.00. The Balaban J connectivity index is 1.19. The highest BCUT2D eigenvalue weighted by molar-refractivity contribution is 5.79. The Bertz CT molecular complexity index is 1230. The van der Waals surface area contributed by atoms with E-state index >= 15 is 0 Å². The number of pyridine rings is 1. The second-order valence-electron chi connectivity index (χ2n) is 8.51. The zero-order valence-corrected chi connectivity index (χ0v) is 18.6. The number of amides is 1. The predicted molar refractivity (Wildman–Crippen MR) is 117 cm³/mol. The molecule has 2 aromatic heterocycles. The maximum absolute atomic E-state index is 13.9. The molecule has 0 bridgehead atoms. The standard InChI is InChI=1S/C23H23FN8O2/c1-15-18(3-4-20(24)19(15)9-25)21-12-30-6-7-31(11-17(30)13-34-21)23(33)8-16-2-5-22(26-10-16)32-14-27-28-29-32/h2-5,10,14,17,21H,6-8,11-13H2,1H3. The van der Waals surface area contributed by atoms with Crippen LogP contribution >= 0.6 is 0 Å². The number of ether oxygens (including phenoxy) is 1. The molecule has 2 unspecified atom stereocenters. The molecule has 4 heterocycles. The highest BCUT2D eigenvalue weighted by atomic mass is 19.1. The number of benzene rings is 1. The van der Waals surface area contributed by atoms with Gasteiger partial charge in [-0.15, -0.1) is 5.10 Å². The molecule has 174 valence electrons. The maximum Gasteiger partial charge on any atom is 0.227 e. The van der Waals surface area contributed by atoms with E-state index in [9.17, 15) is 14.4 Å². The van der Waals surface area contributed by atoms with Gasteiger partial charge < -0.3 is 9.64 Å². The Labute approximate surface area is 195 Å². The molecule has 0 aliphatic carbocycles. The number of fused-ring (bicyclic) bond motifs is 1. The van der Waals surface area contributed by atoms with Crippen molar-refractivity contribution in [2.75, 3.05) is 32.8 Å². The molecular formula is C23H23FN8O2. The maximum atomic E-state index is 13.9. The number of tetrazole rings is 1. The third kappa shape index (κ3) is 4.25. The van der Waals surface area contributed by atoms with Gasteiger partial charge in [-0.2, -0.15) is 9.94 Å². The van der Waals surface area contributed by atoms with E-state index in [1.807, 2.05) is 17.0 Å². The first-order valence-electron chi connectivity index (χ1n) is 11.0. The van der Waals surface area contributed by atoms with Crippen LogP contribution in [0.15, 0.2) is 36.8 Å². The number of nitrogens with zero attached hydrogens (tertiary/aromatic N) is 8. The predicted octanol–water partition coefficient (Wildman–Crippen LogP) is 1.20. The fourth-order valence-electron chi connectivity index (χ4n) is 4.59. The second kappa shape index (κ2) is 9.24. The van der Waals surface area contributed by atoms with E-state index in [0.717, 1.165) is 17.7 Å². The highest BCUT2D eigenvalue weighted by Crippen LogP contribution is 2.31. The highest BCUT2D eigenvalue weighted by Gasteiger charge is 2.36. The third-order valence-electron chi connectivity index (χ3n) is 6.51. The van der Waals surface area contributed by atoms with Crippen LogP contribution in [0.1, 0.15) is 28.4 Å². The molecule has 5 rings (SSSR count). The molecule has 3 aromatic rings. The zero-order chi connectivity index (χ0) is 23.7. The number of hydrogen-bond donors (Lipinski definition) is 0. The summed E-state index contributed by atoms with van der Waals surface area (Å²) < 4.78 is 21.5. The van der Waals surface area contributed by atoms with Crippen LogP contribution in [-0.4, -0.2) is 79.7 Å². The normalized spacial score (nSPS) is 20.6. The van der Waals surface area contributed by atoms with Gasteiger partial charge in [0.15, 0.2) is 5.82 Å². The molecule has 2 saturated heterocycles. The average Bonchev–Trinajstić information content (AvgIpc) is 3.39. The number of carbonyl (C=O) groups is 1. The number of hydrogen-bond acceptors (Lipinski definition) is 8. The van der Waals surface area contributed by atoms with Gasteiger partial charge in [-0.25, -0.2) is 9.37 Å². The molecule has 11 heteroatoms. The molecule has 2 aliphatic rings. The van der Waals surface area contributed by atoms with E-state index in [-0.39, 0.29) is 30.0 Å². The van der Waals surface area contributed by atoms with Crippen molar-refractivity contribution >= 4 is 5.91 Å². The van der Waals surface area contributed by atoms with Crippen molar-refractivity contribution in [3.63, 3.8) is 0 Å². The van der Waals surface area contributed by atoms with Gasteiger partial charge in [0.05, 0.1) is 30.7 Å². The third-order valence-corrected chi connectivity index (χ3v) is 6.51. The summed E-state index contributed by atoms with van der Waals surface area (Å²) in [7, 11) is 0. The van der Waals surface area contributed by atoms with Gasteiger partial charge in [0.25, 0.3) is 0 Å². The van der Waals surface area contributed by atoms with Crippen molar-refractivity contribution in [1.82, 2.24) is 35.0 Å². The van der Waals surface area contributed by atoms with Gasteiger partial charge in [0.1, 0.15) is 18.2 Å². The van der Waals surface area contributed by atoms with E-state index in [1.165, 1.54) is 17.1 Å². The quantitative estimate of drug-likeness (QED) is 0.569. The fourth-order valence-corrected chi connectivity index (χ4v) is 4.59. The van der Waals surface area contributed by atoms with Gasteiger partial charge in [-0.3, -0.25) is 9.69 Å². The van der Waals surface area contributed by atoms with Gasteiger partial charge in [-0.05, 0) is 46.2 Å². The molecule has 2 aliphatic heterocycles. The number of piperazine rings is 1. The lowest BCUT2D eigenvalue weighted by Crippen LogP contribution is -2.59. The Morgan fingerprint density at radius 3 is 2.88 bits per heavy atom. The number of halogens is 1. The minimum Gasteiger partial charge on any atom is -0.370 e. The first-order chi connectivity index (χ1) is 16.5. The molecule has 0 radical (unpaired) electrons. The zero-order valence-electron chi connectivity index (χ0n) is 18.6. The first-order valence-corrected chi connectivity index (χ1v) is 11.0. The molecule has 0 N–H and O–H groups in total. The van der Waals surface area contributed by atoms with E-state index in [4.69, 9.17) is 4.74 Å². The van der Waals surface area contributed by atoms with Crippen molar-refractivity contribution in [2.45, 2.75) is 25.5 Å². The van der Waals surface area contributed by atoms with Gasteiger partial charge in [0, 0.05) is 32.4 Å². The molecule has 0 saturated carbocycles. The van der Waals surface area contributed by atoms with Gasteiger partial charge >= 0.3 is 0 Å². The van der Waals surface area contributed by atoms with Crippen LogP contribution in [0.2, 0.25) is 0 Å². The minimum absolute atomic E-state index is 0.0480. The summed E-state index contributed by atoms with van der Waals surface area (Å²) in [6.07, 6.45) is 3.17. The minimum atomic E-state index is -0.509. The number of rotatable bonds is 4. The van der Waals surface area contributed by atoms with Crippen LogP contribution in [0.25, 0.3) is 5.82 Å². The smallest absolute Gasteiger partial charge is 0.227 e. The Hall–Kier alpha value is -3.75. The summed E-state index contributed by atoms with van der Waals surface area (Å²) in [5.41, 5.74) is 2.36. The lowest BCUT2D eigenvalue weighted by atomic mass is 9.96. The monoisotopic (exact) mass is 462 g/mol. The van der Waals surface area contributed by atoms with E-state index in [0.29, 0.717) is 37.6 Å². The number of morpholine rings is 1. The Morgan fingerprint density at radius 1 is 1.26 bits per heavy atom. The topological polar surface area (TPSA) is 113 Å². The molecule has 0 spiro atoms. The van der Waals surface area contributed by atoms with Crippen LogP contribution < -0.4 is 0 Å². The molecule has 10 nitrogen and oxygen atoms in total. The van der Waals surface area contributed by atoms with Gasteiger partial charge in [0.2, 0.25) is 5.91 Å². The van der Waals surface area contributed by atoms with Crippen LogP contribution in [0.3, 0.4) is 0 Å². The van der Waals surface area contributed by atoms with E-state index < -0.39 is 5.82 Å².